The number of nitrogens with zero attached hydrogens (tertiary/aromatic N) is 3. The molecule has 1 aromatic rings. The first-order valence-corrected chi connectivity index (χ1v) is 7.38. The molecule has 3 nitrogen and oxygen atoms in total. The Bertz CT molecular complexity index is 361. The lowest BCUT2D eigenvalue weighted by Crippen LogP contribution is -2.39. The molecule has 0 bridgehead atoms. The summed E-state index contributed by atoms with van der Waals surface area (Å²) in [5.41, 5.74) is 1.19. The molecule has 1 aromatic heterocycles. The first-order chi connectivity index (χ1) is 8.06. The van der Waals surface area contributed by atoms with Crippen molar-refractivity contribution in [3.63, 3.8) is 0 Å². The molecule has 2 unspecified atom stereocenters. The van der Waals surface area contributed by atoms with Crippen molar-refractivity contribution in [3.8, 4) is 0 Å². The molecule has 0 aliphatic carbocycles. The molecule has 4 heteroatoms. The van der Waals surface area contributed by atoms with E-state index < -0.39 is 0 Å². The summed E-state index contributed by atoms with van der Waals surface area (Å²) in [6.07, 6.45) is 3.36. The van der Waals surface area contributed by atoms with Crippen molar-refractivity contribution in [2.45, 2.75) is 44.6 Å². The van der Waals surface area contributed by atoms with Gasteiger partial charge < -0.3 is 0 Å². The maximum absolute atomic E-state index is 4.61. The first-order valence-electron chi connectivity index (χ1n) is 6.46. The molecule has 0 amide bonds. The largest absolute Gasteiger partial charge is 0.296 e. The van der Waals surface area contributed by atoms with Gasteiger partial charge in [-0.05, 0) is 38.8 Å². The van der Waals surface area contributed by atoms with Crippen LogP contribution in [0.1, 0.15) is 38.9 Å². The van der Waals surface area contributed by atoms with Crippen LogP contribution in [0.25, 0.3) is 0 Å². The molecule has 1 aliphatic rings. The number of alkyl halides is 1. The van der Waals surface area contributed by atoms with Gasteiger partial charge in [0, 0.05) is 30.2 Å². The van der Waals surface area contributed by atoms with Crippen LogP contribution in [0.15, 0.2) is 12.3 Å². The van der Waals surface area contributed by atoms with E-state index in [2.05, 4.69) is 59.0 Å². The van der Waals surface area contributed by atoms with E-state index in [-0.39, 0.29) is 0 Å². The fraction of sp³-hybridized carbons (Fsp3) is 0.769. The Balaban J connectivity index is 1.92. The minimum absolute atomic E-state index is 0.453. The average Bonchev–Trinajstić information content (AvgIpc) is 2.72. The van der Waals surface area contributed by atoms with Crippen LogP contribution in [0, 0.1) is 5.92 Å². The second-order valence-electron chi connectivity index (χ2n) is 5.40. The van der Waals surface area contributed by atoms with Crippen molar-refractivity contribution in [1.29, 1.82) is 0 Å². The molecular formula is C13H22BrN3. The van der Waals surface area contributed by atoms with Crippen molar-refractivity contribution in [3.05, 3.63) is 18.0 Å². The number of hydrogen-bond acceptors (Lipinski definition) is 2. The monoisotopic (exact) mass is 299 g/mol. The molecule has 2 rings (SSSR count). The molecule has 17 heavy (non-hydrogen) atoms. The smallest absolute Gasteiger partial charge is 0.0764 e. The van der Waals surface area contributed by atoms with Gasteiger partial charge in [0.2, 0.25) is 0 Å². The van der Waals surface area contributed by atoms with Gasteiger partial charge in [-0.1, -0.05) is 22.9 Å². The molecule has 0 spiro atoms. The summed E-state index contributed by atoms with van der Waals surface area (Å²) in [7, 11) is 0. The van der Waals surface area contributed by atoms with Crippen LogP contribution in [0.2, 0.25) is 0 Å². The summed E-state index contributed by atoms with van der Waals surface area (Å²) in [5, 5.41) is 4.61. The number of piperidine rings is 1. The summed E-state index contributed by atoms with van der Waals surface area (Å²) in [4.78, 5) is 3.12. The van der Waals surface area contributed by atoms with Crippen LogP contribution in [0.4, 0.5) is 0 Å². The highest BCUT2D eigenvalue weighted by atomic mass is 79.9. The van der Waals surface area contributed by atoms with Gasteiger partial charge >= 0.3 is 0 Å². The van der Waals surface area contributed by atoms with Gasteiger partial charge in [-0.15, -0.1) is 0 Å². The Labute approximate surface area is 112 Å². The summed E-state index contributed by atoms with van der Waals surface area (Å²) in [5.74, 6) is 0.791. The fourth-order valence-electron chi connectivity index (χ4n) is 2.21. The van der Waals surface area contributed by atoms with Gasteiger partial charge in [0.25, 0.3) is 0 Å². The van der Waals surface area contributed by atoms with E-state index in [1.54, 1.807) is 0 Å². The Hall–Kier alpha value is -0.350. The molecule has 1 aliphatic heterocycles. The third-order valence-electron chi connectivity index (χ3n) is 3.53. The van der Waals surface area contributed by atoms with Crippen molar-refractivity contribution in [1.82, 2.24) is 14.7 Å². The SMILES string of the molecule is CC1CCN(Cc2ccn(C(C)C)n2)CC1Br. The normalized spacial score (nSPS) is 26.6. The number of halogens is 1. The lowest BCUT2D eigenvalue weighted by atomic mass is 9.99. The highest BCUT2D eigenvalue weighted by molar-refractivity contribution is 9.09. The van der Waals surface area contributed by atoms with Crippen LogP contribution in [0.3, 0.4) is 0 Å². The van der Waals surface area contributed by atoms with Gasteiger partial charge in [-0.3, -0.25) is 9.58 Å². The molecule has 1 saturated heterocycles. The third kappa shape index (κ3) is 3.32. The number of hydrogen-bond donors (Lipinski definition) is 0. The van der Waals surface area contributed by atoms with E-state index in [1.165, 1.54) is 18.7 Å². The van der Waals surface area contributed by atoms with Crippen molar-refractivity contribution < 1.29 is 0 Å². The zero-order valence-electron chi connectivity index (χ0n) is 10.9. The highest BCUT2D eigenvalue weighted by Gasteiger charge is 2.24. The molecule has 0 saturated carbocycles. The van der Waals surface area contributed by atoms with E-state index in [1.807, 2.05) is 4.68 Å². The molecule has 2 atom stereocenters. The fourth-order valence-corrected chi connectivity index (χ4v) is 2.88. The number of likely N-dealkylation sites (tertiary alicyclic amines) is 1. The molecule has 0 radical (unpaired) electrons. The third-order valence-corrected chi connectivity index (χ3v) is 4.72. The Morgan fingerprint density at radius 1 is 1.53 bits per heavy atom. The quantitative estimate of drug-likeness (QED) is 0.800. The van der Waals surface area contributed by atoms with Crippen LogP contribution in [0.5, 0.6) is 0 Å². The standard InChI is InChI=1S/C13H22BrN3/c1-10(2)17-7-5-12(15-17)8-16-6-4-11(3)13(14)9-16/h5,7,10-11,13H,4,6,8-9H2,1-3H3. The van der Waals surface area contributed by atoms with Gasteiger partial charge in [0.05, 0.1) is 5.69 Å². The van der Waals surface area contributed by atoms with Gasteiger partial charge in [0.1, 0.15) is 0 Å². The minimum atomic E-state index is 0.453. The predicted octanol–water partition coefficient (Wildman–Crippen LogP) is 3.07. The minimum Gasteiger partial charge on any atom is -0.296 e. The van der Waals surface area contributed by atoms with Crippen molar-refractivity contribution >= 4 is 15.9 Å². The molecule has 0 N–H and O–H groups in total. The Morgan fingerprint density at radius 2 is 2.29 bits per heavy atom. The lowest BCUT2D eigenvalue weighted by Gasteiger charge is -2.33. The Morgan fingerprint density at radius 3 is 2.88 bits per heavy atom. The topological polar surface area (TPSA) is 21.1 Å². The molecule has 96 valence electrons. The zero-order valence-corrected chi connectivity index (χ0v) is 12.5. The molecule has 1 fully saturated rings. The van der Waals surface area contributed by atoms with Gasteiger partial charge in [-0.2, -0.15) is 5.10 Å². The van der Waals surface area contributed by atoms with E-state index in [4.69, 9.17) is 0 Å². The summed E-state index contributed by atoms with van der Waals surface area (Å²) < 4.78 is 2.04. The van der Waals surface area contributed by atoms with E-state index in [0.717, 1.165) is 19.0 Å². The van der Waals surface area contributed by atoms with Crippen LogP contribution < -0.4 is 0 Å². The van der Waals surface area contributed by atoms with E-state index in [0.29, 0.717) is 10.9 Å². The van der Waals surface area contributed by atoms with E-state index >= 15 is 0 Å². The van der Waals surface area contributed by atoms with Crippen molar-refractivity contribution in [2.75, 3.05) is 13.1 Å². The van der Waals surface area contributed by atoms with Crippen molar-refractivity contribution in [2.24, 2.45) is 5.92 Å². The number of aromatic nitrogens is 2. The summed E-state index contributed by atoms with van der Waals surface area (Å²) in [6.45, 7) is 9.95. The van der Waals surface area contributed by atoms with Gasteiger partial charge in [-0.25, -0.2) is 0 Å². The summed E-state index contributed by atoms with van der Waals surface area (Å²) in [6, 6.07) is 2.59. The highest BCUT2D eigenvalue weighted by Crippen LogP contribution is 2.24. The lowest BCUT2D eigenvalue weighted by molar-refractivity contribution is 0.191. The second kappa shape index (κ2) is 5.53. The van der Waals surface area contributed by atoms with Crippen LogP contribution in [-0.2, 0) is 6.54 Å². The molecule has 2 heterocycles. The number of rotatable bonds is 3. The van der Waals surface area contributed by atoms with Crippen LogP contribution in [-0.4, -0.2) is 32.6 Å². The summed E-state index contributed by atoms with van der Waals surface area (Å²) >= 11 is 3.77. The molecular weight excluding hydrogens is 278 g/mol. The maximum Gasteiger partial charge on any atom is 0.0764 e. The zero-order chi connectivity index (χ0) is 12.4. The maximum atomic E-state index is 4.61. The molecule has 0 aromatic carbocycles. The first kappa shape index (κ1) is 13.1. The van der Waals surface area contributed by atoms with Crippen LogP contribution >= 0.6 is 15.9 Å². The Kier molecular flexibility index (Phi) is 4.26. The average molecular weight is 300 g/mol. The van der Waals surface area contributed by atoms with E-state index in [9.17, 15) is 0 Å². The van der Waals surface area contributed by atoms with Gasteiger partial charge in [0.15, 0.2) is 0 Å². The second-order valence-corrected chi connectivity index (χ2v) is 6.57. The predicted molar refractivity (Wildman–Crippen MR) is 74.4 cm³/mol.